The number of benzene rings is 3. The van der Waals surface area contributed by atoms with E-state index in [0.29, 0.717) is 0 Å². The summed E-state index contributed by atoms with van der Waals surface area (Å²) in [6.45, 7) is 13.9. The molecule has 4 aromatic rings. The third-order valence-corrected chi connectivity index (χ3v) is 6.93. The van der Waals surface area contributed by atoms with Crippen LogP contribution in [0.2, 0.25) is 0 Å². The molecule has 0 atom stereocenters. The maximum Gasteiger partial charge on any atom is 0.259 e. The molecule has 0 aliphatic carbocycles. The first kappa shape index (κ1) is 19.4. The number of nitrogens with zero attached hydrogens (tertiary/aromatic N) is 2. The lowest BCUT2D eigenvalue weighted by atomic mass is 9.68. The van der Waals surface area contributed by atoms with Crippen molar-refractivity contribution in [3.63, 3.8) is 0 Å². The molecule has 29 heavy (non-hydrogen) atoms. The van der Waals surface area contributed by atoms with Crippen LogP contribution in [0, 0.1) is 13.8 Å². The van der Waals surface area contributed by atoms with Crippen molar-refractivity contribution in [2.45, 2.75) is 52.5 Å². The van der Waals surface area contributed by atoms with Gasteiger partial charge in [0.15, 0.2) is 11.0 Å². The van der Waals surface area contributed by atoms with Crippen LogP contribution in [0.4, 0.5) is 0 Å². The molecule has 0 fully saturated rings. The molecule has 2 heteroatoms. The Morgan fingerprint density at radius 1 is 0.690 bits per heavy atom. The molecule has 0 spiro atoms. The maximum absolute atomic E-state index is 2.53. The van der Waals surface area contributed by atoms with Crippen molar-refractivity contribution < 1.29 is 4.57 Å². The first-order chi connectivity index (χ1) is 13.8. The first-order valence-electron chi connectivity index (χ1n) is 10.4. The summed E-state index contributed by atoms with van der Waals surface area (Å²) in [5, 5.41) is 0. The predicted molar refractivity (Wildman–Crippen MR) is 122 cm³/mol. The molecule has 3 aromatic carbocycles. The van der Waals surface area contributed by atoms with Crippen LogP contribution in [-0.4, -0.2) is 4.57 Å². The number of aromatic nitrogens is 2. The van der Waals surface area contributed by atoms with E-state index < -0.39 is 0 Å². The Labute approximate surface area is 174 Å². The van der Waals surface area contributed by atoms with E-state index in [9.17, 15) is 0 Å². The molecule has 0 aliphatic heterocycles. The van der Waals surface area contributed by atoms with Crippen molar-refractivity contribution in [1.29, 1.82) is 0 Å². The number of fused-ring (bicyclic) bond motifs is 1. The smallest absolute Gasteiger partial charge is 0.221 e. The lowest BCUT2D eigenvalue weighted by Crippen LogP contribution is -2.63. The van der Waals surface area contributed by atoms with Gasteiger partial charge in [-0.1, -0.05) is 68.4 Å². The van der Waals surface area contributed by atoms with Gasteiger partial charge in [0, 0.05) is 12.3 Å². The number of hydrogen-bond donors (Lipinski definition) is 0. The van der Waals surface area contributed by atoms with Crippen LogP contribution >= 0.6 is 0 Å². The standard InChI is InChI=1S/C27H31N2/c1-20-14-10-11-17-23(20)26(3,4)27(5,6)29-21(2)28(22-15-8-7-9-16-22)24-18-12-13-19-25(24)29/h7-19H,1-6H3/q+1. The zero-order valence-corrected chi connectivity index (χ0v) is 18.4. The van der Waals surface area contributed by atoms with Crippen molar-refractivity contribution >= 4 is 11.0 Å². The van der Waals surface area contributed by atoms with E-state index >= 15 is 0 Å². The van der Waals surface area contributed by atoms with E-state index in [1.54, 1.807) is 0 Å². The SMILES string of the molecule is Cc1ccccc1C(C)(C)C(C)(C)[n+]1c(C)n(-c2ccccc2)c2ccccc21. The molecule has 0 N–H and O–H groups in total. The highest BCUT2D eigenvalue weighted by Crippen LogP contribution is 2.40. The maximum atomic E-state index is 2.53. The second-order valence-corrected chi connectivity index (χ2v) is 9.04. The lowest BCUT2D eigenvalue weighted by Gasteiger charge is -2.41. The third kappa shape index (κ3) is 2.90. The molecule has 0 saturated carbocycles. The third-order valence-electron chi connectivity index (χ3n) is 6.93. The average Bonchev–Trinajstić information content (AvgIpc) is 3.01. The highest BCUT2D eigenvalue weighted by molar-refractivity contribution is 5.75. The summed E-state index contributed by atoms with van der Waals surface area (Å²) in [7, 11) is 0. The van der Waals surface area contributed by atoms with E-state index in [-0.39, 0.29) is 11.0 Å². The van der Waals surface area contributed by atoms with Crippen LogP contribution in [-0.2, 0) is 11.0 Å². The Balaban J connectivity index is 2.01. The molecule has 0 bridgehead atoms. The van der Waals surface area contributed by atoms with Crippen LogP contribution in [0.3, 0.4) is 0 Å². The number of hydrogen-bond acceptors (Lipinski definition) is 0. The summed E-state index contributed by atoms with van der Waals surface area (Å²) in [5.74, 6) is 1.24. The Morgan fingerprint density at radius 2 is 1.28 bits per heavy atom. The summed E-state index contributed by atoms with van der Waals surface area (Å²) in [4.78, 5) is 0. The van der Waals surface area contributed by atoms with E-state index in [4.69, 9.17) is 0 Å². The Bertz CT molecular complexity index is 1160. The fourth-order valence-corrected chi connectivity index (χ4v) is 4.78. The van der Waals surface area contributed by atoms with Gasteiger partial charge in [-0.15, -0.1) is 0 Å². The first-order valence-corrected chi connectivity index (χ1v) is 10.4. The monoisotopic (exact) mass is 383 g/mol. The van der Waals surface area contributed by atoms with Crippen molar-refractivity contribution in [3.05, 3.63) is 95.8 Å². The predicted octanol–water partition coefficient (Wildman–Crippen LogP) is 6.25. The second kappa shape index (κ2) is 6.88. The quantitative estimate of drug-likeness (QED) is 0.368. The van der Waals surface area contributed by atoms with Crippen LogP contribution in [0.1, 0.15) is 44.6 Å². The van der Waals surface area contributed by atoms with Crippen molar-refractivity contribution in [2.75, 3.05) is 0 Å². The summed E-state index contributed by atoms with van der Waals surface area (Å²) in [6.07, 6.45) is 0. The molecule has 1 heterocycles. The molecule has 0 aliphatic rings. The largest absolute Gasteiger partial charge is 0.259 e. The summed E-state index contributed by atoms with van der Waals surface area (Å²) < 4.78 is 4.91. The van der Waals surface area contributed by atoms with E-state index in [0.717, 1.165) is 0 Å². The lowest BCUT2D eigenvalue weighted by molar-refractivity contribution is -0.750. The van der Waals surface area contributed by atoms with Crippen molar-refractivity contribution in [3.8, 4) is 5.69 Å². The van der Waals surface area contributed by atoms with E-state index in [2.05, 4.69) is 130 Å². The second-order valence-electron chi connectivity index (χ2n) is 9.04. The Morgan fingerprint density at radius 3 is 1.97 bits per heavy atom. The highest BCUT2D eigenvalue weighted by atomic mass is 15.2. The van der Waals surface area contributed by atoms with Gasteiger partial charge >= 0.3 is 0 Å². The average molecular weight is 384 g/mol. The fraction of sp³-hybridized carbons (Fsp3) is 0.296. The van der Waals surface area contributed by atoms with Gasteiger partial charge in [0.2, 0.25) is 0 Å². The normalized spacial score (nSPS) is 12.5. The molecule has 0 amide bonds. The summed E-state index contributed by atoms with van der Waals surface area (Å²) in [6, 6.07) is 28.2. The van der Waals surface area contributed by atoms with Crippen LogP contribution < -0.4 is 4.57 Å². The van der Waals surface area contributed by atoms with Crippen LogP contribution in [0.15, 0.2) is 78.9 Å². The van der Waals surface area contributed by atoms with Gasteiger partial charge in [0.25, 0.3) is 5.82 Å². The molecular formula is C27H31N2+. The van der Waals surface area contributed by atoms with Gasteiger partial charge in [0.05, 0.1) is 0 Å². The van der Waals surface area contributed by atoms with E-state index in [1.165, 1.54) is 33.7 Å². The number of rotatable bonds is 4. The zero-order valence-electron chi connectivity index (χ0n) is 18.4. The van der Waals surface area contributed by atoms with Gasteiger partial charge in [-0.05, 0) is 56.2 Å². The zero-order chi connectivity index (χ0) is 20.8. The number of para-hydroxylation sites is 3. The van der Waals surface area contributed by atoms with Crippen LogP contribution in [0.5, 0.6) is 0 Å². The molecule has 148 valence electrons. The number of aryl methyl sites for hydroxylation is 1. The highest BCUT2D eigenvalue weighted by Gasteiger charge is 2.47. The van der Waals surface area contributed by atoms with Crippen molar-refractivity contribution in [2.24, 2.45) is 0 Å². The Hall–Kier alpha value is -2.87. The minimum absolute atomic E-state index is 0.0700. The minimum atomic E-state index is -0.150. The molecule has 0 unspecified atom stereocenters. The van der Waals surface area contributed by atoms with E-state index in [1.807, 2.05) is 0 Å². The topological polar surface area (TPSA) is 8.81 Å². The van der Waals surface area contributed by atoms with Gasteiger partial charge in [0.1, 0.15) is 11.2 Å². The van der Waals surface area contributed by atoms with Gasteiger partial charge < -0.3 is 0 Å². The van der Waals surface area contributed by atoms with Gasteiger partial charge in [-0.25, -0.2) is 4.57 Å². The Kier molecular flexibility index (Phi) is 4.61. The molecule has 0 saturated heterocycles. The molecule has 0 radical (unpaired) electrons. The molecule has 2 nitrogen and oxygen atoms in total. The minimum Gasteiger partial charge on any atom is -0.221 e. The fourth-order valence-electron chi connectivity index (χ4n) is 4.78. The summed E-state index contributed by atoms with van der Waals surface area (Å²) in [5.41, 5.74) is 6.22. The molecular weight excluding hydrogens is 352 g/mol. The van der Waals surface area contributed by atoms with Crippen molar-refractivity contribution in [1.82, 2.24) is 4.57 Å². The molecule has 1 aromatic heterocycles. The molecule has 4 rings (SSSR count). The number of imidazole rings is 1. The van der Waals surface area contributed by atoms with Gasteiger partial charge in [-0.2, -0.15) is 4.57 Å². The van der Waals surface area contributed by atoms with Gasteiger partial charge in [-0.3, -0.25) is 0 Å². The summed E-state index contributed by atoms with van der Waals surface area (Å²) >= 11 is 0. The van der Waals surface area contributed by atoms with Crippen LogP contribution in [0.25, 0.3) is 16.7 Å².